The molecular weight excluding hydrogens is 367 g/mol. The number of likely N-dealkylation sites (N-methyl/N-ethyl adjacent to an activating group) is 1. The summed E-state index contributed by atoms with van der Waals surface area (Å²) in [6.07, 6.45) is -3.48. The van der Waals surface area contributed by atoms with E-state index in [0.717, 1.165) is 0 Å². The second kappa shape index (κ2) is 10.1. The number of likely N-dealkylation sites (tertiary alicyclic amines) is 1. The van der Waals surface area contributed by atoms with E-state index in [2.05, 4.69) is 46.7 Å². The number of hydrogen-bond acceptors (Lipinski definition) is 3. The van der Waals surface area contributed by atoms with E-state index in [-0.39, 0.29) is 12.1 Å². The molecule has 1 aliphatic rings. The second-order valence-corrected chi connectivity index (χ2v) is 7.59. The molecule has 1 aliphatic heterocycles. The van der Waals surface area contributed by atoms with Gasteiger partial charge in [-0.15, -0.1) is 0 Å². The topological polar surface area (TPSA) is 42.9 Å². The van der Waals surface area contributed by atoms with Crippen LogP contribution in [-0.4, -0.2) is 74.8 Å². The first-order valence-electron chi connectivity index (χ1n) is 9.75. The van der Waals surface area contributed by atoms with E-state index in [1.165, 1.54) is 16.0 Å². The van der Waals surface area contributed by atoms with E-state index in [1.807, 2.05) is 21.0 Å². The molecular formula is C20H32F3N5. The molecule has 5 nitrogen and oxygen atoms in total. The number of nitrogens with zero attached hydrogens (tertiary/aromatic N) is 3. The molecule has 2 rings (SSSR count). The first-order chi connectivity index (χ1) is 13.2. The molecule has 28 heavy (non-hydrogen) atoms. The Kier molecular flexibility index (Phi) is 8.12. The maximum atomic E-state index is 12.6. The number of benzene rings is 1. The van der Waals surface area contributed by atoms with Crippen LogP contribution >= 0.6 is 0 Å². The fraction of sp³-hybridized carbons (Fsp3) is 0.650. The summed E-state index contributed by atoms with van der Waals surface area (Å²) >= 11 is 0. The first-order valence-corrected chi connectivity index (χ1v) is 9.75. The third-order valence-electron chi connectivity index (χ3n) is 4.87. The van der Waals surface area contributed by atoms with Gasteiger partial charge in [0, 0.05) is 25.7 Å². The average molecular weight is 400 g/mol. The molecule has 1 aromatic carbocycles. The van der Waals surface area contributed by atoms with E-state index in [1.54, 1.807) is 0 Å². The van der Waals surface area contributed by atoms with Gasteiger partial charge < -0.3 is 15.5 Å². The number of halogens is 3. The van der Waals surface area contributed by atoms with Gasteiger partial charge in [-0.3, -0.25) is 9.89 Å². The maximum absolute atomic E-state index is 12.6. The highest BCUT2D eigenvalue weighted by Crippen LogP contribution is 2.21. The van der Waals surface area contributed by atoms with Crippen molar-refractivity contribution in [3.05, 3.63) is 35.4 Å². The third-order valence-corrected chi connectivity index (χ3v) is 4.87. The van der Waals surface area contributed by atoms with Crippen molar-refractivity contribution in [3.63, 3.8) is 0 Å². The van der Waals surface area contributed by atoms with Crippen LogP contribution in [0.4, 0.5) is 13.2 Å². The molecule has 1 heterocycles. The Balaban J connectivity index is 1.99. The van der Waals surface area contributed by atoms with Gasteiger partial charge in [0.15, 0.2) is 5.96 Å². The van der Waals surface area contributed by atoms with Crippen LogP contribution in [0.25, 0.3) is 0 Å². The van der Waals surface area contributed by atoms with Gasteiger partial charge in [-0.05, 0) is 39.9 Å². The summed E-state index contributed by atoms with van der Waals surface area (Å²) in [6.45, 7) is 5.26. The SMILES string of the molecule is CCNC(=NCC(c1ccc(C)cc1)N(C)C)NC1CCN(CC(F)(F)F)C1. The first kappa shape index (κ1) is 22.5. The number of nitrogens with one attached hydrogen (secondary N) is 2. The van der Waals surface area contributed by atoms with Gasteiger partial charge in [0.1, 0.15) is 0 Å². The Bertz CT molecular complexity index is 628. The van der Waals surface area contributed by atoms with E-state index in [0.29, 0.717) is 38.6 Å². The molecule has 0 radical (unpaired) electrons. The highest BCUT2D eigenvalue weighted by Gasteiger charge is 2.34. The van der Waals surface area contributed by atoms with Crippen molar-refractivity contribution in [2.24, 2.45) is 4.99 Å². The molecule has 1 aromatic rings. The van der Waals surface area contributed by atoms with Crippen LogP contribution in [0.5, 0.6) is 0 Å². The highest BCUT2D eigenvalue weighted by atomic mass is 19.4. The molecule has 1 fully saturated rings. The lowest BCUT2D eigenvalue weighted by Crippen LogP contribution is -2.45. The van der Waals surface area contributed by atoms with E-state index >= 15 is 0 Å². The van der Waals surface area contributed by atoms with Crippen molar-refractivity contribution in [1.82, 2.24) is 20.4 Å². The molecule has 8 heteroatoms. The number of rotatable bonds is 7. The summed E-state index contributed by atoms with van der Waals surface area (Å²) in [6, 6.07) is 8.50. The predicted molar refractivity (Wildman–Crippen MR) is 108 cm³/mol. The molecule has 0 bridgehead atoms. The van der Waals surface area contributed by atoms with Gasteiger partial charge >= 0.3 is 6.18 Å². The Morgan fingerprint density at radius 1 is 1.29 bits per heavy atom. The summed E-state index contributed by atoms with van der Waals surface area (Å²) in [4.78, 5) is 8.27. The maximum Gasteiger partial charge on any atom is 0.401 e. The van der Waals surface area contributed by atoms with Crippen molar-refractivity contribution in [3.8, 4) is 0 Å². The van der Waals surface area contributed by atoms with Crippen molar-refractivity contribution in [1.29, 1.82) is 0 Å². The standard InChI is InChI=1S/C20H32F3N5/c1-5-24-19(26-17-10-11-28(13-17)14-20(21,22)23)25-12-18(27(3)4)16-8-6-15(2)7-9-16/h6-9,17-18H,5,10-14H2,1-4H3,(H2,24,25,26). The molecule has 0 spiro atoms. The second-order valence-electron chi connectivity index (χ2n) is 7.59. The molecule has 0 aromatic heterocycles. The third kappa shape index (κ3) is 7.31. The highest BCUT2D eigenvalue weighted by molar-refractivity contribution is 5.80. The molecule has 2 N–H and O–H groups in total. The van der Waals surface area contributed by atoms with Crippen molar-refractivity contribution < 1.29 is 13.2 Å². The van der Waals surface area contributed by atoms with Gasteiger partial charge in [-0.2, -0.15) is 13.2 Å². The molecule has 1 saturated heterocycles. The van der Waals surface area contributed by atoms with Crippen molar-refractivity contribution in [2.75, 3.05) is 46.8 Å². The molecule has 158 valence electrons. The Morgan fingerprint density at radius 2 is 1.96 bits per heavy atom. The van der Waals surface area contributed by atoms with E-state index < -0.39 is 12.7 Å². The van der Waals surface area contributed by atoms with Gasteiger partial charge in [-0.1, -0.05) is 29.8 Å². The van der Waals surface area contributed by atoms with Crippen LogP contribution in [0.3, 0.4) is 0 Å². The number of aryl methyl sites for hydroxylation is 1. The molecule has 2 unspecified atom stereocenters. The zero-order chi connectivity index (χ0) is 20.7. The summed E-state index contributed by atoms with van der Waals surface area (Å²) in [7, 11) is 4.04. The monoisotopic (exact) mass is 399 g/mol. The lowest BCUT2D eigenvalue weighted by atomic mass is 10.0. The normalized spacial score (nSPS) is 19.9. The Morgan fingerprint density at radius 3 is 2.54 bits per heavy atom. The molecule has 0 saturated carbocycles. The van der Waals surface area contributed by atoms with Gasteiger partial charge in [-0.25, -0.2) is 0 Å². The van der Waals surface area contributed by atoms with Crippen molar-refractivity contribution in [2.45, 2.75) is 38.5 Å². The molecule has 0 amide bonds. The summed E-state index contributed by atoms with van der Waals surface area (Å²) < 4.78 is 37.8. The van der Waals surface area contributed by atoms with Crippen LogP contribution in [0.2, 0.25) is 0 Å². The quantitative estimate of drug-likeness (QED) is 0.547. The summed E-state index contributed by atoms with van der Waals surface area (Å²) in [5, 5.41) is 6.51. The number of guanidine groups is 1. The minimum absolute atomic E-state index is 0.0302. The van der Waals surface area contributed by atoms with Gasteiger partial charge in [0.05, 0.1) is 19.1 Å². The van der Waals surface area contributed by atoms with Gasteiger partial charge in [0.25, 0.3) is 0 Å². The van der Waals surface area contributed by atoms with E-state index in [4.69, 9.17) is 4.99 Å². The lowest BCUT2D eigenvalue weighted by Gasteiger charge is -2.24. The van der Waals surface area contributed by atoms with Crippen LogP contribution in [0.1, 0.15) is 30.5 Å². The van der Waals surface area contributed by atoms with Crippen LogP contribution in [0.15, 0.2) is 29.3 Å². The summed E-state index contributed by atoms with van der Waals surface area (Å²) in [5.74, 6) is 0.653. The largest absolute Gasteiger partial charge is 0.401 e. The minimum atomic E-state index is -4.15. The van der Waals surface area contributed by atoms with E-state index in [9.17, 15) is 13.2 Å². The molecule has 0 aliphatic carbocycles. The zero-order valence-electron chi connectivity index (χ0n) is 17.2. The van der Waals surface area contributed by atoms with Gasteiger partial charge in [0.2, 0.25) is 0 Å². The fourth-order valence-corrected chi connectivity index (χ4v) is 3.39. The van der Waals surface area contributed by atoms with Crippen LogP contribution in [-0.2, 0) is 0 Å². The van der Waals surface area contributed by atoms with Crippen LogP contribution < -0.4 is 10.6 Å². The van der Waals surface area contributed by atoms with Crippen molar-refractivity contribution >= 4 is 5.96 Å². The zero-order valence-corrected chi connectivity index (χ0v) is 17.2. The Labute approximate surface area is 166 Å². The summed E-state index contributed by atoms with van der Waals surface area (Å²) in [5.41, 5.74) is 2.40. The smallest absolute Gasteiger partial charge is 0.357 e. The minimum Gasteiger partial charge on any atom is -0.357 e. The average Bonchev–Trinajstić information content (AvgIpc) is 3.01. The van der Waals surface area contributed by atoms with Crippen LogP contribution in [0, 0.1) is 6.92 Å². The predicted octanol–water partition coefficient (Wildman–Crippen LogP) is 2.79. The molecule has 2 atom stereocenters. The fourth-order valence-electron chi connectivity index (χ4n) is 3.39. The number of alkyl halides is 3. The Hall–Kier alpha value is -1.80. The number of hydrogen-bond donors (Lipinski definition) is 2. The lowest BCUT2D eigenvalue weighted by molar-refractivity contribution is -0.143. The number of aliphatic imine (C=N–C) groups is 1.